The van der Waals surface area contributed by atoms with Gasteiger partial charge in [-0.2, -0.15) is 0 Å². The number of carboxylic acids is 1. The zero-order valence-electron chi connectivity index (χ0n) is 14.7. The maximum atomic E-state index is 11.1. The number of hydrogen-bond acceptors (Lipinski definition) is 6. The molecule has 1 aromatic carbocycles. The van der Waals surface area contributed by atoms with Gasteiger partial charge in [-0.1, -0.05) is 0 Å². The summed E-state index contributed by atoms with van der Waals surface area (Å²) in [5.74, 6) is 1.11. The summed E-state index contributed by atoms with van der Waals surface area (Å²) in [6, 6.07) is 9.09. The summed E-state index contributed by atoms with van der Waals surface area (Å²) in [5, 5.41) is 13.0. The molecule has 0 fully saturated rings. The second kappa shape index (κ2) is 7.26. The molecule has 2 aromatic heterocycles. The van der Waals surface area contributed by atoms with Gasteiger partial charge in [0, 0.05) is 24.2 Å². The number of rotatable bonds is 6. The number of aromatic nitrogens is 2. The lowest BCUT2D eigenvalue weighted by Crippen LogP contribution is -2.05. The fourth-order valence-electron chi connectivity index (χ4n) is 2.62. The molecular weight excluding hydrogens is 334 g/mol. The first kappa shape index (κ1) is 17.5. The number of nitrogens with one attached hydrogen (secondary N) is 1. The third-order valence-corrected chi connectivity index (χ3v) is 3.98. The lowest BCUT2D eigenvalue weighted by molar-refractivity contribution is 0.0696. The van der Waals surface area contributed by atoms with Gasteiger partial charge < -0.3 is 19.9 Å². The third-order valence-electron chi connectivity index (χ3n) is 3.98. The average molecular weight is 353 g/mol. The predicted molar refractivity (Wildman–Crippen MR) is 98.1 cm³/mol. The minimum Gasteiger partial charge on any atom is -0.497 e. The van der Waals surface area contributed by atoms with Crippen molar-refractivity contribution < 1.29 is 19.4 Å². The molecule has 0 saturated carbocycles. The van der Waals surface area contributed by atoms with Crippen molar-refractivity contribution in [3.05, 3.63) is 53.2 Å². The van der Waals surface area contributed by atoms with Gasteiger partial charge in [0.2, 0.25) is 0 Å². The Bertz CT molecular complexity index is 950. The van der Waals surface area contributed by atoms with Gasteiger partial charge >= 0.3 is 5.97 Å². The van der Waals surface area contributed by atoms with Crippen molar-refractivity contribution >= 4 is 22.8 Å². The van der Waals surface area contributed by atoms with Gasteiger partial charge in [0.25, 0.3) is 0 Å². The highest BCUT2D eigenvalue weighted by molar-refractivity contribution is 5.92. The minimum atomic E-state index is -1.01. The number of fused-ring (bicyclic) bond motifs is 1. The van der Waals surface area contributed by atoms with Crippen LogP contribution in [0.25, 0.3) is 11.0 Å². The smallest absolute Gasteiger partial charge is 0.337 e. The van der Waals surface area contributed by atoms with E-state index in [1.807, 2.05) is 31.2 Å². The van der Waals surface area contributed by atoms with E-state index < -0.39 is 5.97 Å². The number of pyridine rings is 2. The number of carboxylic acid groups (broad SMARTS) is 1. The average Bonchev–Trinajstić information content (AvgIpc) is 2.65. The second-order valence-electron chi connectivity index (χ2n) is 5.80. The molecule has 0 radical (unpaired) electrons. The monoisotopic (exact) mass is 353 g/mol. The van der Waals surface area contributed by atoms with Gasteiger partial charge in [-0.15, -0.1) is 0 Å². The summed E-state index contributed by atoms with van der Waals surface area (Å²) < 4.78 is 10.6. The van der Waals surface area contributed by atoms with Gasteiger partial charge in [-0.05, 0) is 42.3 Å². The maximum absolute atomic E-state index is 11.1. The van der Waals surface area contributed by atoms with Crippen LogP contribution in [0.2, 0.25) is 0 Å². The Balaban J connectivity index is 1.86. The van der Waals surface area contributed by atoms with Crippen LogP contribution in [0.15, 0.2) is 36.5 Å². The first-order valence-corrected chi connectivity index (χ1v) is 7.96. The first-order valence-electron chi connectivity index (χ1n) is 7.96. The molecule has 7 heteroatoms. The van der Waals surface area contributed by atoms with E-state index in [1.54, 1.807) is 20.3 Å². The summed E-state index contributed by atoms with van der Waals surface area (Å²) in [6.45, 7) is 2.44. The number of hydrogen-bond donors (Lipinski definition) is 2. The number of anilines is 1. The van der Waals surface area contributed by atoms with Gasteiger partial charge in [0.15, 0.2) is 5.65 Å². The molecule has 0 atom stereocenters. The number of benzene rings is 1. The molecule has 0 unspecified atom stereocenters. The highest BCUT2D eigenvalue weighted by atomic mass is 16.5. The van der Waals surface area contributed by atoms with Crippen LogP contribution in [-0.4, -0.2) is 35.3 Å². The van der Waals surface area contributed by atoms with Crippen molar-refractivity contribution in [2.75, 3.05) is 19.5 Å². The van der Waals surface area contributed by atoms with Crippen molar-refractivity contribution in [1.29, 1.82) is 0 Å². The number of nitrogens with zero attached hydrogens (tertiary/aromatic N) is 2. The van der Waals surface area contributed by atoms with Crippen molar-refractivity contribution in [3.8, 4) is 11.5 Å². The van der Waals surface area contributed by atoms with Crippen molar-refractivity contribution in [2.45, 2.75) is 13.5 Å². The fraction of sp³-hybridized carbons (Fsp3) is 0.211. The van der Waals surface area contributed by atoms with Gasteiger partial charge in [0.05, 0.1) is 19.8 Å². The zero-order chi connectivity index (χ0) is 18.7. The van der Waals surface area contributed by atoms with Crippen LogP contribution in [-0.2, 0) is 6.54 Å². The molecule has 3 rings (SSSR count). The van der Waals surface area contributed by atoms with Crippen LogP contribution < -0.4 is 14.8 Å². The van der Waals surface area contributed by atoms with E-state index in [9.17, 15) is 4.79 Å². The van der Waals surface area contributed by atoms with E-state index in [-0.39, 0.29) is 5.56 Å². The van der Waals surface area contributed by atoms with E-state index in [0.29, 0.717) is 34.9 Å². The Hall–Kier alpha value is -3.35. The van der Waals surface area contributed by atoms with Crippen LogP contribution in [0.5, 0.6) is 11.5 Å². The molecule has 2 N–H and O–H groups in total. The number of methoxy groups -OCH3 is 2. The molecule has 0 saturated heterocycles. The topological polar surface area (TPSA) is 93.6 Å². The zero-order valence-corrected chi connectivity index (χ0v) is 14.7. The first-order chi connectivity index (χ1) is 12.5. The third kappa shape index (κ3) is 3.66. The Morgan fingerprint density at radius 3 is 2.42 bits per heavy atom. The predicted octanol–water partition coefficient (Wildman–Crippen LogP) is 3.27. The van der Waals surface area contributed by atoms with E-state index in [2.05, 4.69) is 15.3 Å². The van der Waals surface area contributed by atoms with Crippen LogP contribution in [0, 0.1) is 6.92 Å². The highest BCUT2D eigenvalue weighted by Gasteiger charge is 2.09. The van der Waals surface area contributed by atoms with Crippen molar-refractivity contribution in [3.63, 3.8) is 0 Å². The summed E-state index contributed by atoms with van der Waals surface area (Å²) in [6.07, 6.45) is 1.31. The lowest BCUT2D eigenvalue weighted by atomic mass is 10.1. The molecular formula is C19H19N3O4. The minimum absolute atomic E-state index is 0.142. The fourth-order valence-corrected chi connectivity index (χ4v) is 2.62. The summed E-state index contributed by atoms with van der Waals surface area (Å²) in [4.78, 5) is 19.7. The van der Waals surface area contributed by atoms with Gasteiger partial charge in [0.1, 0.15) is 17.3 Å². The van der Waals surface area contributed by atoms with E-state index in [0.717, 1.165) is 11.1 Å². The van der Waals surface area contributed by atoms with Crippen LogP contribution in [0.3, 0.4) is 0 Å². The number of ether oxygens (including phenoxy) is 2. The van der Waals surface area contributed by atoms with E-state index in [4.69, 9.17) is 14.6 Å². The summed E-state index contributed by atoms with van der Waals surface area (Å²) >= 11 is 0. The Morgan fingerprint density at radius 1 is 1.12 bits per heavy atom. The molecule has 134 valence electrons. The van der Waals surface area contributed by atoms with Gasteiger partial charge in [-0.3, -0.25) is 0 Å². The molecule has 0 aliphatic heterocycles. The molecule has 0 amide bonds. The van der Waals surface area contributed by atoms with Gasteiger partial charge in [-0.25, -0.2) is 14.8 Å². The molecule has 0 aliphatic rings. The maximum Gasteiger partial charge on any atom is 0.337 e. The molecule has 0 aliphatic carbocycles. The molecule has 26 heavy (non-hydrogen) atoms. The largest absolute Gasteiger partial charge is 0.497 e. The van der Waals surface area contributed by atoms with Crippen LogP contribution in [0.4, 0.5) is 5.82 Å². The Kier molecular flexibility index (Phi) is 4.88. The SMILES string of the molecule is COc1cc(CNc2nc3ncc(C(=O)O)cc3cc2C)cc(OC)c1. The number of aryl methyl sites for hydroxylation is 1. The van der Waals surface area contributed by atoms with Crippen LogP contribution >= 0.6 is 0 Å². The number of aromatic carboxylic acids is 1. The quantitative estimate of drug-likeness (QED) is 0.702. The van der Waals surface area contributed by atoms with Crippen molar-refractivity contribution in [2.24, 2.45) is 0 Å². The number of carbonyl (C=O) groups is 1. The van der Waals surface area contributed by atoms with Crippen molar-refractivity contribution in [1.82, 2.24) is 9.97 Å². The molecule has 7 nitrogen and oxygen atoms in total. The highest BCUT2D eigenvalue weighted by Crippen LogP contribution is 2.24. The van der Waals surface area contributed by atoms with Crippen LogP contribution in [0.1, 0.15) is 21.5 Å². The summed E-state index contributed by atoms with van der Waals surface area (Å²) in [7, 11) is 3.22. The standard InChI is InChI=1S/C19H19N3O4/c1-11-4-13-7-14(19(23)24)10-21-18(13)22-17(11)20-9-12-5-15(25-2)8-16(6-12)26-3/h4-8,10H,9H2,1-3H3,(H,23,24)(H,20,21,22). The lowest BCUT2D eigenvalue weighted by Gasteiger charge is -2.12. The van der Waals surface area contributed by atoms with E-state index in [1.165, 1.54) is 6.20 Å². The Morgan fingerprint density at radius 2 is 1.81 bits per heavy atom. The van der Waals surface area contributed by atoms with E-state index >= 15 is 0 Å². The Labute approximate surface area is 150 Å². The summed E-state index contributed by atoms with van der Waals surface area (Å²) in [5.41, 5.74) is 2.52. The normalized spacial score (nSPS) is 10.6. The second-order valence-corrected chi connectivity index (χ2v) is 5.80. The molecule has 2 heterocycles. The molecule has 3 aromatic rings. The molecule has 0 bridgehead atoms. The molecule has 0 spiro atoms.